The molecule has 0 amide bonds. The van der Waals surface area contributed by atoms with Crippen molar-refractivity contribution in [1.29, 1.82) is 0 Å². The third kappa shape index (κ3) is 2.54. The van der Waals surface area contributed by atoms with Gasteiger partial charge in [-0.3, -0.25) is 4.79 Å². The minimum Gasteiger partial charge on any atom is -0.508 e. The summed E-state index contributed by atoms with van der Waals surface area (Å²) in [5.74, 6) is 0.183. The molecular formula is C20H18O6. The maximum Gasteiger partial charge on any atom is 0.197 e. The molecule has 4 rings (SSSR count). The SMILES string of the molecule is CC1(C)CCc2c(O)cc3oc(-c4ccc(O)cc4O)cc(=O)c3c2O1. The van der Waals surface area contributed by atoms with Gasteiger partial charge in [0.2, 0.25) is 0 Å². The lowest BCUT2D eigenvalue weighted by Gasteiger charge is -2.33. The average molecular weight is 354 g/mol. The predicted octanol–water partition coefficient (Wildman–Crippen LogP) is 3.68. The summed E-state index contributed by atoms with van der Waals surface area (Å²) in [5, 5.41) is 30.1. The first-order valence-electron chi connectivity index (χ1n) is 8.29. The molecule has 1 aromatic heterocycles. The van der Waals surface area contributed by atoms with Crippen molar-refractivity contribution in [3.8, 4) is 34.3 Å². The summed E-state index contributed by atoms with van der Waals surface area (Å²) >= 11 is 0. The number of rotatable bonds is 1. The van der Waals surface area contributed by atoms with Crippen LogP contribution < -0.4 is 10.2 Å². The lowest BCUT2D eigenvalue weighted by atomic mass is 9.92. The van der Waals surface area contributed by atoms with Gasteiger partial charge in [-0.1, -0.05) is 0 Å². The molecule has 0 fully saturated rings. The molecule has 1 aliphatic rings. The van der Waals surface area contributed by atoms with E-state index < -0.39 is 5.60 Å². The summed E-state index contributed by atoms with van der Waals surface area (Å²) in [5.41, 5.74) is 0.259. The smallest absolute Gasteiger partial charge is 0.197 e. The van der Waals surface area contributed by atoms with E-state index in [0.29, 0.717) is 17.7 Å². The van der Waals surface area contributed by atoms with Gasteiger partial charge < -0.3 is 24.5 Å². The Labute approximate surface area is 148 Å². The van der Waals surface area contributed by atoms with Crippen molar-refractivity contribution < 1.29 is 24.5 Å². The van der Waals surface area contributed by atoms with Gasteiger partial charge in [-0.05, 0) is 38.8 Å². The first kappa shape index (κ1) is 16.3. The van der Waals surface area contributed by atoms with Crippen LogP contribution in [0.4, 0.5) is 0 Å². The highest BCUT2D eigenvalue weighted by atomic mass is 16.5. The van der Waals surface area contributed by atoms with E-state index in [1.165, 1.54) is 24.3 Å². The average Bonchev–Trinajstić information content (AvgIpc) is 2.53. The highest BCUT2D eigenvalue weighted by Gasteiger charge is 2.31. The minimum absolute atomic E-state index is 0.0122. The van der Waals surface area contributed by atoms with Gasteiger partial charge in [-0.15, -0.1) is 0 Å². The van der Waals surface area contributed by atoms with Gasteiger partial charge in [0.15, 0.2) is 5.43 Å². The summed E-state index contributed by atoms with van der Waals surface area (Å²) in [4.78, 5) is 12.8. The number of ether oxygens (including phenoxy) is 1. The summed E-state index contributed by atoms with van der Waals surface area (Å²) < 4.78 is 11.8. The molecule has 3 aromatic rings. The van der Waals surface area contributed by atoms with Gasteiger partial charge in [-0.2, -0.15) is 0 Å². The molecule has 0 bridgehead atoms. The molecule has 26 heavy (non-hydrogen) atoms. The Bertz CT molecular complexity index is 1090. The highest BCUT2D eigenvalue weighted by Crippen LogP contribution is 2.43. The molecule has 0 unspecified atom stereocenters. The quantitative estimate of drug-likeness (QED) is 0.616. The highest BCUT2D eigenvalue weighted by molar-refractivity contribution is 5.89. The molecule has 0 saturated heterocycles. The Balaban J connectivity index is 1.99. The molecule has 6 nitrogen and oxygen atoms in total. The molecule has 6 heteroatoms. The Kier molecular flexibility index (Phi) is 3.41. The van der Waals surface area contributed by atoms with E-state index in [0.717, 1.165) is 12.5 Å². The van der Waals surface area contributed by atoms with Gasteiger partial charge in [0.05, 0.1) is 5.56 Å². The van der Waals surface area contributed by atoms with Crippen LogP contribution in [-0.4, -0.2) is 20.9 Å². The largest absolute Gasteiger partial charge is 0.508 e. The molecule has 3 N–H and O–H groups in total. The fraction of sp³-hybridized carbons (Fsp3) is 0.250. The van der Waals surface area contributed by atoms with E-state index >= 15 is 0 Å². The zero-order valence-electron chi connectivity index (χ0n) is 14.4. The van der Waals surface area contributed by atoms with Gasteiger partial charge >= 0.3 is 0 Å². The van der Waals surface area contributed by atoms with E-state index in [1.807, 2.05) is 13.8 Å². The Morgan fingerprint density at radius 1 is 1.04 bits per heavy atom. The van der Waals surface area contributed by atoms with Crippen LogP contribution in [0, 0.1) is 0 Å². The maximum absolute atomic E-state index is 12.8. The summed E-state index contributed by atoms with van der Waals surface area (Å²) in [7, 11) is 0. The van der Waals surface area contributed by atoms with E-state index in [1.54, 1.807) is 0 Å². The van der Waals surface area contributed by atoms with E-state index in [2.05, 4.69) is 0 Å². The fourth-order valence-electron chi connectivity index (χ4n) is 3.28. The number of phenols is 3. The monoisotopic (exact) mass is 354 g/mol. The van der Waals surface area contributed by atoms with Crippen LogP contribution in [0.1, 0.15) is 25.8 Å². The van der Waals surface area contributed by atoms with Crippen molar-refractivity contribution >= 4 is 11.0 Å². The molecule has 0 atom stereocenters. The molecule has 0 saturated carbocycles. The maximum atomic E-state index is 12.8. The number of hydrogen-bond donors (Lipinski definition) is 3. The molecule has 0 radical (unpaired) electrons. The number of benzene rings is 2. The first-order valence-corrected chi connectivity index (χ1v) is 8.29. The lowest BCUT2D eigenvalue weighted by molar-refractivity contribution is 0.0857. The molecule has 2 heterocycles. The van der Waals surface area contributed by atoms with Crippen LogP contribution in [0.25, 0.3) is 22.3 Å². The minimum atomic E-state index is -0.450. The van der Waals surface area contributed by atoms with Crippen molar-refractivity contribution in [2.24, 2.45) is 0 Å². The van der Waals surface area contributed by atoms with Crippen LogP contribution in [0.15, 0.2) is 39.5 Å². The zero-order chi connectivity index (χ0) is 18.6. The van der Waals surface area contributed by atoms with Crippen molar-refractivity contribution in [2.75, 3.05) is 0 Å². The fourth-order valence-corrected chi connectivity index (χ4v) is 3.28. The first-order chi connectivity index (χ1) is 12.2. The molecule has 2 aromatic carbocycles. The summed E-state index contributed by atoms with van der Waals surface area (Å²) in [6.45, 7) is 3.85. The lowest BCUT2D eigenvalue weighted by Crippen LogP contribution is -2.33. The second-order valence-corrected chi connectivity index (χ2v) is 7.11. The van der Waals surface area contributed by atoms with Crippen LogP contribution in [0.3, 0.4) is 0 Å². The predicted molar refractivity (Wildman–Crippen MR) is 95.9 cm³/mol. The third-order valence-corrected chi connectivity index (χ3v) is 4.66. The van der Waals surface area contributed by atoms with E-state index in [9.17, 15) is 20.1 Å². The summed E-state index contributed by atoms with van der Waals surface area (Å²) in [6.07, 6.45) is 1.33. The topological polar surface area (TPSA) is 100 Å². The summed E-state index contributed by atoms with van der Waals surface area (Å²) in [6, 6.07) is 6.67. The van der Waals surface area contributed by atoms with Crippen molar-refractivity contribution in [3.05, 3.63) is 46.1 Å². The number of fused-ring (bicyclic) bond motifs is 3. The van der Waals surface area contributed by atoms with Crippen LogP contribution in [-0.2, 0) is 6.42 Å². The second-order valence-electron chi connectivity index (χ2n) is 7.11. The van der Waals surface area contributed by atoms with E-state index in [4.69, 9.17) is 9.15 Å². The number of aromatic hydroxyl groups is 3. The normalized spacial score (nSPS) is 15.5. The standard InChI is InChI=1S/C20H18O6/c1-20(2)6-5-12-14(23)8-17-18(19(12)26-20)15(24)9-16(25-17)11-4-3-10(21)7-13(11)22/h3-4,7-9,21-23H,5-6H2,1-2H3. The molecule has 0 spiro atoms. The Morgan fingerprint density at radius 3 is 2.54 bits per heavy atom. The van der Waals surface area contributed by atoms with Crippen LogP contribution >= 0.6 is 0 Å². The Morgan fingerprint density at radius 2 is 1.81 bits per heavy atom. The zero-order valence-corrected chi connectivity index (χ0v) is 14.4. The van der Waals surface area contributed by atoms with Gasteiger partial charge in [0, 0.05) is 23.8 Å². The van der Waals surface area contributed by atoms with Gasteiger partial charge in [-0.25, -0.2) is 0 Å². The third-order valence-electron chi connectivity index (χ3n) is 4.66. The van der Waals surface area contributed by atoms with Crippen molar-refractivity contribution in [2.45, 2.75) is 32.3 Å². The van der Waals surface area contributed by atoms with Crippen molar-refractivity contribution in [3.63, 3.8) is 0 Å². The Hall–Kier alpha value is -3.15. The van der Waals surface area contributed by atoms with Crippen molar-refractivity contribution in [1.82, 2.24) is 0 Å². The second kappa shape index (κ2) is 5.42. The molecule has 134 valence electrons. The van der Waals surface area contributed by atoms with Crippen LogP contribution in [0.5, 0.6) is 23.0 Å². The van der Waals surface area contributed by atoms with Gasteiger partial charge in [0.1, 0.15) is 45.3 Å². The van der Waals surface area contributed by atoms with Gasteiger partial charge in [0.25, 0.3) is 0 Å². The number of phenolic OH excluding ortho intramolecular Hbond substituents is 3. The molecule has 1 aliphatic heterocycles. The number of hydrogen-bond acceptors (Lipinski definition) is 6. The van der Waals surface area contributed by atoms with E-state index in [-0.39, 0.29) is 45.0 Å². The van der Waals surface area contributed by atoms with Crippen LogP contribution in [0.2, 0.25) is 0 Å². The molecule has 0 aliphatic carbocycles. The molecular weight excluding hydrogens is 336 g/mol.